The zero-order chi connectivity index (χ0) is 16.0. The van der Waals surface area contributed by atoms with Crippen molar-refractivity contribution in [1.82, 2.24) is 0 Å². The van der Waals surface area contributed by atoms with Crippen molar-refractivity contribution >= 4 is 5.78 Å². The predicted molar refractivity (Wildman–Crippen MR) is 90.6 cm³/mol. The van der Waals surface area contributed by atoms with Gasteiger partial charge in [-0.2, -0.15) is 0 Å². The molecule has 2 fully saturated rings. The number of rotatable bonds is 3. The minimum atomic E-state index is -0.0250. The second-order valence-electron chi connectivity index (χ2n) is 7.83. The van der Waals surface area contributed by atoms with E-state index in [9.17, 15) is 4.79 Å². The standard InChI is InChI=1S/C20H27NO2/c1-20-9-8-16-15-5-3-14(23-11-10-21)12-13(15)2-4-17(16)18(20)6-7-19(20)22/h3,5,12,16-18H,2,4,6-11,21H2,1H3. The monoisotopic (exact) mass is 313 g/mol. The maximum Gasteiger partial charge on any atom is 0.139 e. The van der Waals surface area contributed by atoms with Gasteiger partial charge in [0.25, 0.3) is 0 Å². The molecule has 0 heterocycles. The molecule has 2 saturated carbocycles. The normalized spacial score (nSPS) is 35.4. The Bertz CT molecular complexity index is 626. The Morgan fingerprint density at radius 1 is 1.26 bits per heavy atom. The van der Waals surface area contributed by atoms with Gasteiger partial charge < -0.3 is 10.5 Å². The summed E-state index contributed by atoms with van der Waals surface area (Å²) in [6.07, 6.45) is 6.51. The Labute approximate surface area is 138 Å². The van der Waals surface area contributed by atoms with E-state index in [1.54, 1.807) is 0 Å². The summed E-state index contributed by atoms with van der Waals surface area (Å²) in [5.41, 5.74) is 8.47. The van der Waals surface area contributed by atoms with Gasteiger partial charge in [0, 0.05) is 18.4 Å². The molecular formula is C20H27NO2. The molecule has 0 aromatic heterocycles. The minimum absolute atomic E-state index is 0.0250. The molecule has 0 spiro atoms. The Balaban J connectivity index is 1.61. The topological polar surface area (TPSA) is 52.3 Å². The summed E-state index contributed by atoms with van der Waals surface area (Å²) >= 11 is 0. The van der Waals surface area contributed by atoms with Gasteiger partial charge in [-0.3, -0.25) is 4.79 Å². The van der Waals surface area contributed by atoms with Crippen molar-refractivity contribution in [3.05, 3.63) is 29.3 Å². The number of benzene rings is 1. The molecule has 3 nitrogen and oxygen atoms in total. The molecule has 4 atom stereocenters. The van der Waals surface area contributed by atoms with E-state index in [-0.39, 0.29) is 5.41 Å². The number of nitrogens with two attached hydrogens (primary N) is 1. The molecule has 0 aliphatic heterocycles. The molecule has 4 rings (SSSR count). The molecule has 0 saturated heterocycles. The first-order valence-corrected chi connectivity index (χ1v) is 9.12. The largest absolute Gasteiger partial charge is 0.492 e. The molecule has 3 aliphatic rings. The summed E-state index contributed by atoms with van der Waals surface area (Å²) < 4.78 is 5.69. The van der Waals surface area contributed by atoms with Crippen LogP contribution in [0.15, 0.2) is 18.2 Å². The second kappa shape index (κ2) is 5.62. The van der Waals surface area contributed by atoms with E-state index in [4.69, 9.17) is 10.5 Å². The summed E-state index contributed by atoms with van der Waals surface area (Å²) in [5, 5.41) is 0. The van der Waals surface area contributed by atoms with E-state index in [0.717, 1.165) is 31.4 Å². The van der Waals surface area contributed by atoms with E-state index in [2.05, 4.69) is 25.1 Å². The number of ketones is 1. The van der Waals surface area contributed by atoms with Crippen LogP contribution in [0.3, 0.4) is 0 Å². The lowest BCUT2D eigenvalue weighted by molar-refractivity contribution is -0.129. The summed E-state index contributed by atoms with van der Waals surface area (Å²) in [6, 6.07) is 6.59. The molecule has 124 valence electrons. The van der Waals surface area contributed by atoms with Crippen LogP contribution in [0.25, 0.3) is 0 Å². The quantitative estimate of drug-likeness (QED) is 0.930. The molecule has 23 heavy (non-hydrogen) atoms. The van der Waals surface area contributed by atoms with Crippen LogP contribution >= 0.6 is 0 Å². The molecular weight excluding hydrogens is 286 g/mol. The summed E-state index contributed by atoms with van der Waals surface area (Å²) in [4.78, 5) is 12.4. The Morgan fingerprint density at radius 3 is 2.96 bits per heavy atom. The summed E-state index contributed by atoms with van der Waals surface area (Å²) in [7, 11) is 0. The van der Waals surface area contributed by atoms with E-state index in [1.807, 2.05) is 0 Å². The third-order valence-corrected chi connectivity index (χ3v) is 6.79. The van der Waals surface area contributed by atoms with Gasteiger partial charge in [0.05, 0.1) is 0 Å². The zero-order valence-corrected chi connectivity index (χ0v) is 14.0. The number of hydrogen-bond acceptors (Lipinski definition) is 3. The maximum absolute atomic E-state index is 12.4. The van der Waals surface area contributed by atoms with E-state index < -0.39 is 0 Å². The molecule has 2 N–H and O–H groups in total. The first-order chi connectivity index (χ1) is 11.1. The Hall–Kier alpha value is -1.35. The van der Waals surface area contributed by atoms with Gasteiger partial charge in [0.1, 0.15) is 18.1 Å². The van der Waals surface area contributed by atoms with Gasteiger partial charge in [-0.1, -0.05) is 13.0 Å². The van der Waals surface area contributed by atoms with Crippen molar-refractivity contribution in [3.8, 4) is 5.75 Å². The highest BCUT2D eigenvalue weighted by molar-refractivity contribution is 5.87. The molecule has 0 radical (unpaired) electrons. The van der Waals surface area contributed by atoms with Gasteiger partial charge in [0.2, 0.25) is 0 Å². The Kier molecular flexibility index (Phi) is 3.72. The van der Waals surface area contributed by atoms with Crippen LogP contribution in [0, 0.1) is 17.3 Å². The number of hydrogen-bond donors (Lipinski definition) is 1. The first-order valence-electron chi connectivity index (χ1n) is 9.12. The summed E-state index contributed by atoms with van der Waals surface area (Å²) in [6.45, 7) is 3.37. The van der Waals surface area contributed by atoms with Crippen LogP contribution in [0.4, 0.5) is 0 Å². The fraction of sp³-hybridized carbons (Fsp3) is 0.650. The maximum atomic E-state index is 12.4. The molecule has 3 aliphatic carbocycles. The van der Waals surface area contributed by atoms with E-state index >= 15 is 0 Å². The van der Waals surface area contributed by atoms with Crippen molar-refractivity contribution in [1.29, 1.82) is 0 Å². The predicted octanol–water partition coefficient (Wildman–Crippen LogP) is 3.45. The lowest BCUT2D eigenvalue weighted by atomic mass is 9.55. The van der Waals surface area contributed by atoms with Crippen molar-refractivity contribution < 1.29 is 9.53 Å². The molecule has 0 bridgehead atoms. The smallest absolute Gasteiger partial charge is 0.139 e. The van der Waals surface area contributed by atoms with Crippen LogP contribution in [-0.2, 0) is 11.2 Å². The highest BCUT2D eigenvalue weighted by Crippen LogP contribution is 2.59. The third-order valence-electron chi connectivity index (χ3n) is 6.79. The van der Waals surface area contributed by atoms with Gasteiger partial charge in [-0.25, -0.2) is 0 Å². The Morgan fingerprint density at radius 2 is 2.13 bits per heavy atom. The fourth-order valence-electron chi connectivity index (χ4n) is 5.60. The fourth-order valence-corrected chi connectivity index (χ4v) is 5.60. The lowest BCUT2D eigenvalue weighted by Gasteiger charge is -2.48. The zero-order valence-electron chi connectivity index (χ0n) is 14.0. The molecule has 3 heteroatoms. The average Bonchev–Trinajstić information content (AvgIpc) is 2.88. The third kappa shape index (κ3) is 2.32. The van der Waals surface area contributed by atoms with Crippen LogP contribution in [0.1, 0.15) is 56.1 Å². The second-order valence-corrected chi connectivity index (χ2v) is 7.83. The number of ether oxygens (including phenoxy) is 1. The van der Waals surface area contributed by atoms with E-state index in [1.165, 1.54) is 24.0 Å². The van der Waals surface area contributed by atoms with Crippen molar-refractivity contribution in [2.75, 3.05) is 13.2 Å². The van der Waals surface area contributed by atoms with Gasteiger partial charge >= 0.3 is 0 Å². The highest BCUT2D eigenvalue weighted by atomic mass is 16.5. The highest BCUT2D eigenvalue weighted by Gasteiger charge is 2.54. The number of aryl methyl sites for hydroxylation is 1. The van der Waals surface area contributed by atoms with Crippen molar-refractivity contribution in [2.45, 2.75) is 51.4 Å². The molecule has 4 unspecified atom stereocenters. The van der Waals surface area contributed by atoms with Crippen LogP contribution in [-0.4, -0.2) is 18.9 Å². The van der Waals surface area contributed by atoms with Gasteiger partial charge in [-0.15, -0.1) is 0 Å². The molecule has 1 aromatic rings. The first kappa shape index (κ1) is 15.2. The summed E-state index contributed by atoms with van der Waals surface area (Å²) in [5.74, 6) is 3.42. The van der Waals surface area contributed by atoms with Crippen LogP contribution in [0.2, 0.25) is 0 Å². The van der Waals surface area contributed by atoms with Crippen LogP contribution in [0.5, 0.6) is 5.75 Å². The van der Waals surface area contributed by atoms with Crippen LogP contribution < -0.4 is 10.5 Å². The van der Waals surface area contributed by atoms with Gasteiger partial charge in [-0.05, 0) is 73.1 Å². The SMILES string of the molecule is CC12CCC3c4ccc(OCCN)cc4CCC3C1CCC2=O. The van der Waals surface area contributed by atoms with E-state index in [0.29, 0.717) is 36.7 Å². The number of carbonyl (C=O) groups is 1. The van der Waals surface area contributed by atoms with Crippen molar-refractivity contribution in [2.24, 2.45) is 23.0 Å². The minimum Gasteiger partial charge on any atom is -0.492 e. The lowest BCUT2D eigenvalue weighted by Crippen LogP contribution is -2.42. The molecule has 1 aromatic carbocycles. The van der Waals surface area contributed by atoms with Gasteiger partial charge in [0.15, 0.2) is 0 Å². The number of carbonyl (C=O) groups excluding carboxylic acids is 1. The average molecular weight is 313 g/mol. The number of fused-ring (bicyclic) bond motifs is 5. The number of Topliss-reactive ketones (excluding diaryl/α,β-unsaturated/α-hetero) is 1. The molecule has 0 amide bonds. The van der Waals surface area contributed by atoms with Crippen molar-refractivity contribution in [3.63, 3.8) is 0 Å².